The maximum atomic E-state index is 13.9. The van der Waals surface area contributed by atoms with Crippen molar-refractivity contribution in [2.75, 3.05) is 18.1 Å². The number of ether oxygens (including phenoxy) is 4. The van der Waals surface area contributed by atoms with Crippen LogP contribution in [-0.2, 0) is 32.2 Å². The van der Waals surface area contributed by atoms with Crippen LogP contribution in [0.1, 0.15) is 52.8 Å². The Hall–Kier alpha value is -5.51. The van der Waals surface area contributed by atoms with Gasteiger partial charge in [-0.05, 0) is 71.4 Å². The molecule has 2 amide bonds. The molecule has 2 aromatic carbocycles. The first-order chi connectivity index (χ1) is 23.8. The van der Waals surface area contributed by atoms with Gasteiger partial charge < -0.3 is 24.3 Å². The van der Waals surface area contributed by atoms with Crippen molar-refractivity contribution in [3.63, 3.8) is 0 Å². The second kappa shape index (κ2) is 14.4. The lowest BCUT2D eigenvalue weighted by Crippen LogP contribution is -2.36. The number of hydrogen-bond donors (Lipinski definition) is 1. The van der Waals surface area contributed by atoms with E-state index in [1.165, 1.54) is 23.2 Å². The number of nitrogens with one attached hydrogen (secondary N) is 1. The van der Waals surface area contributed by atoms with E-state index >= 15 is 0 Å². The average Bonchev–Trinajstić information content (AvgIpc) is 3.72. The van der Waals surface area contributed by atoms with Crippen LogP contribution in [0.2, 0.25) is 0 Å². The molecular weight excluding hydrogens is 673 g/mol. The Morgan fingerprint density at radius 3 is 2.27 bits per heavy atom. The molecule has 51 heavy (non-hydrogen) atoms. The van der Waals surface area contributed by atoms with Crippen molar-refractivity contribution >= 4 is 29.6 Å². The first-order valence-electron chi connectivity index (χ1n) is 15.8. The van der Waals surface area contributed by atoms with Crippen LogP contribution in [0.25, 0.3) is 22.5 Å². The summed E-state index contributed by atoms with van der Waals surface area (Å²) in [6.45, 7) is 8.65. The van der Waals surface area contributed by atoms with Crippen molar-refractivity contribution in [1.29, 1.82) is 0 Å². The second-order valence-corrected chi connectivity index (χ2v) is 13.5. The Morgan fingerprint density at radius 2 is 1.61 bits per heavy atom. The number of anilines is 2. The predicted octanol–water partition coefficient (Wildman–Crippen LogP) is 6.95. The number of carbonyl (C=O) groups excluding carboxylic acids is 3. The number of amides is 2. The molecule has 0 aliphatic carbocycles. The third-order valence-electron chi connectivity index (χ3n) is 6.91. The Kier molecular flexibility index (Phi) is 10.4. The minimum absolute atomic E-state index is 0.127. The molecule has 5 rings (SSSR count). The van der Waals surface area contributed by atoms with Crippen molar-refractivity contribution in [1.82, 2.24) is 25.1 Å². The fraction of sp³-hybridized carbons (Fsp3) is 0.371. The predicted molar refractivity (Wildman–Crippen MR) is 178 cm³/mol. The lowest BCUT2D eigenvalue weighted by Gasteiger charge is -2.28. The quantitative estimate of drug-likeness (QED) is 0.204. The molecule has 0 saturated heterocycles. The van der Waals surface area contributed by atoms with Gasteiger partial charge >= 0.3 is 18.4 Å². The highest BCUT2D eigenvalue weighted by atomic mass is 19.4. The molecule has 16 heteroatoms. The minimum atomic E-state index is -4.55. The second-order valence-electron chi connectivity index (χ2n) is 13.5. The summed E-state index contributed by atoms with van der Waals surface area (Å²) in [5.74, 6) is -0.348. The number of alkyl halides is 3. The van der Waals surface area contributed by atoms with Gasteiger partial charge in [-0.25, -0.2) is 24.5 Å². The normalized spacial score (nSPS) is 13.0. The van der Waals surface area contributed by atoms with Gasteiger partial charge in [-0.3, -0.25) is 4.79 Å². The maximum absolute atomic E-state index is 13.9. The first-order valence-corrected chi connectivity index (χ1v) is 15.8. The van der Waals surface area contributed by atoms with E-state index in [2.05, 4.69) is 10.1 Å². The van der Waals surface area contributed by atoms with Crippen molar-refractivity contribution in [2.45, 2.75) is 72.1 Å². The molecule has 13 nitrogen and oxygen atoms in total. The molecule has 1 aliphatic rings. The first kappa shape index (κ1) is 36.8. The zero-order chi connectivity index (χ0) is 37.1. The molecule has 4 aromatic rings. The number of aromatic nitrogens is 4. The molecular formula is C35H37F3N6O7. The van der Waals surface area contributed by atoms with E-state index in [0.717, 1.165) is 4.68 Å². The molecule has 0 bridgehead atoms. The maximum Gasteiger partial charge on any atom is 0.435 e. The number of carbonyl (C=O) groups is 3. The summed E-state index contributed by atoms with van der Waals surface area (Å²) in [7, 11) is 0. The number of nitrogens with zero attached hydrogens (tertiary/aromatic N) is 5. The van der Waals surface area contributed by atoms with Crippen LogP contribution in [0.4, 0.5) is 34.3 Å². The van der Waals surface area contributed by atoms with Crippen LogP contribution in [0.3, 0.4) is 0 Å². The van der Waals surface area contributed by atoms with Gasteiger partial charge in [0.1, 0.15) is 23.5 Å². The third kappa shape index (κ3) is 9.81. The third-order valence-corrected chi connectivity index (χ3v) is 6.91. The summed E-state index contributed by atoms with van der Waals surface area (Å²) in [6.07, 6.45) is -2.82. The highest BCUT2D eigenvalue weighted by Crippen LogP contribution is 2.36. The van der Waals surface area contributed by atoms with Crippen LogP contribution in [-0.4, -0.2) is 68.4 Å². The van der Waals surface area contributed by atoms with E-state index < -0.39 is 48.6 Å². The molecule has 2 aromatic heterocycles. The van der Waals surface area contributed by atoms with Gasteiger partial charge in [0.15, 0.2) is 18.2 Å². The van der Waals surface area contributed by atoms with Crippen molar-refractivity contribution in [2.24, 2.45) is 0 Å². The van der Waals surface area contributed by atoms with E-state index in [1.54, 1.807) is 89.5 Å². The number of hydrogen-bond acceptors (Lipinski definition) is 10. The van der Waals surface area contributed by atoms with E-state index in [0.29, 0.717) is 33.6 Å². The van der Waals surface area contributed by atoms with Gasteiger partial charge in [-0.1, -0.05) is 24.3 Å². The van der Waals surface area contributed by atoms with Crippen LogP contribution in [0, 0.1) is 0 Å². The average molecular weight is 711 g/mol. The van der Waals surface area contributed by atoms with Crippen molar-refractivity contribution in [3.8, 4) is 28.3 Å². The zero-order valence-corrected chi connectivity index (χ0v) is 28.8. The molecule has 0 fully saturated rings. The van der Waals surface area contributed by atoms with E-state index in [1.807, 2.05) is 0 Å². The molecule has 270 valence electrons. The molecule has 0 radical (unpaired) electrons. The van der Waals surface area contributed by atoms with Crippen molar-refractivity contribution < 1.29 is 46.5 Å². The summed E-state index contributed by atoms with van der Waals surface area (Å²) in [5, 5.41) is 5.88. The molecule has 1 N–H and O–H groups in total. The Labute approximate surface area is 291 Å². The van der Waals surface area contributed by atoms with Gasteiger partial charge in [0, 0.05) is 22.9 Å². The van der Waals surface area contributed by atoms with Gasteiger partial charge in [0.25, 0.3) is 5.91 Å². The number of halogens is 3. The SMILES string of the molecule is CC(C)(C)OC(=O)N(c1ccc(-c2cnn(C(=O)OC(C)(C)C)c2)cc1)c1nc(-c2cccc(OCC(=O)NCC(F)(F)F)c2)nc2c1COC2. The fourth-order valence-electron chi connectivity index (χ4n) is 4.78. The summed E-state index contributed by atoms with van der Waals surface area (Å²) in [6, 6.07) is 13.3. The topological polar surface area (TPSA) is 147 Å². The minimum Gasteiger partial charge on any atom is -0.484 e. The van der Waals surface area contributed by atoms with Crippen LogP contribution < -0.4 is 15.0 Å². The van der Waals surface area contributed by atoms with E-state index in [4.69, 9.17) is 23.9 Å². The summed E-state index contributed by atoms with van der Waals surface area (Å²) in [4.78, 5) is 49.0. The highest BCUT2D eigenvalue weighted by molar-refractivity contribution is 5.96. The number of fused-ring (bicyclic) bond motifs is 1. The van der Waals surface area contributed by atoms with Gasteiger partial charge in [0.05, 0.1) is 30.8 Å². The van der Waals surface area contributed by atoms with E-state index in [9.17, 15) is 27.6 Å². The number of rotatable bonds is 8. The Bertz CT molecular complexity index is 1910. The molecule has 0 saturated carbocycles. The largest absolute Gasteiger partial charge is 0.484 e. The van der Waals surface area contributed by atoms with Gasteiger partial charge in [-0.15, -0.1) is 0 Å². The van der Waals surface area contributed by atoms with Crippen LogP contribution >= 0.6 is 0 Å². The highest BCUT2D eigenvalue weighted by Gasteiger charge is 2.32. The van der Waals surface area contributed by atoms with Crippen molar-refractivity contribution in [3.05, 3.63) is 72.2 Å². The number of benzene rings is 2. The van der Waals surface area contributed by atoms with Gasteiger partial charge in [0.2, 0.25) is 0 Å². The monoisotopic (exact) mass is 710 g/mol. The molecule has 0 spiro atoms. The molecule has 0 unspecified atom stereocenters. The molecule has 3 heterocycles. The van der Waals surface area contributed by atoms with Gasteiger partial charge in [-0.2, -0.15) is 23.0 Å². The molecule has 1 aliphatic heterocycles. The molecule has 0 atom stereocenters. The fourth-order valence-corrected chi connectivity index (χ4v) is 4.78. The summed E-state index contributed by atoms with van der Waals surface area (Å²) in [5.41, 5.74) is 1.74. The summed E-state index contributed by atoms with van der Waals surface area (Å²) < 4.78 is 60.8. The van der Waals surface area contributed by atoms with Crippen LogP contribution in [0.5, 0.6) is 5.75 Å². The standard InChI is InChI=1S/C35H37F3N6O7/c1-33(2,3)50-31(46)43-16-23(15-40-43)21-10-12-24(13-11-21)44(32(47)51-34(4,5)6)30-26-17-48-18-27(26)41-29(42-30)22-8-7-9-25(14-22)49-19-28(45)39-20-35(36,37)38/h7-16H,17-20H2,1-6H3,(H,39,45). The van der Waals surface area contributed by atoms with Crippen LogP contribution in [0.15, 0.2) is 60.9 Å². The zero-order valence-electron chi connectivity index (χ0n) is 28.8. The lowest BCUT2D eigenvalue weighted by molar-refractivity contribution is -0.139. The Morgan fingerprint density at radius 1 is 0.902 bits per heavy atom. The smallest absolute Gasteiger partial charge is 0.435 e. The van der Waals surface area contributed by atoms with E-state index in [-0.39, 0.29) is 30.6 Å². The summed E-state index contributed by atoms with van der Waals surface area (Å²) >= 11 is 0. The lowest BCUT2D eigenvalue weighted by atomic mass is 10.1. The Balaban J connectivity index is 1.47.